The van der Waals surface area contributed by atoms with Crippen LogP contribution >= 0.6 is 11.3 Å². The number of benzene rings is 1. The van der Waals surface area contributed by atoms with Gasteiger partial charge in [-0.15, -0.1) is 11.3 Å². The molecule has 0 atom stereocenters. The molecule has 1 aliphatic carbocycles. The van der Waals surface area contributed by atoms with E-state index in [4.69, 9.17) is 4.74 Å². The lowest BCUT2D eigenvalue weighted by Gasteiger charge is -2.27. The van der Waals surface area contributed by atoms with Crippen LogP contribution < -0.4 is 4.72 Å². The number of hydrogen-bond acceptors (Lipinski definition) is 6. The largest absolute Gasteiger partial charge is 0.465 e. The number of methoxy groups -OCH3 is 1. The summed E-state index contributed by atoms with van der Waals surface area (Å²) < 4.78 is 33.5. The van der Waals surface area contributed by atoms with Crippen molar-refractivity contribution < 1.29 is 17.9 Å². The van der Waals surface area contributed by atoms with Gasteiger partial charge in [0.15, 0.2) is 0 Å². The quantitative estimate of drug-likeness (QED) is 0.655. The summed E-state index contributed by atoms with van der Waals surface area (Å²) in [6.45, 7) is 6.57. The van der Waals surface area contributed by atoms with Gasteiger partial charge in [-0.3, -0.25) is 4.90 Å². The van der Waals surface area contributed by atoms with E-state index in [2.05, 4.69) is 47.7 Å². The van der Waals surface area contributed by atoms with Crippen molar-refractivity contribution >= 4 is 27.3 Å². The Morgan fingerprint density at radius 2 is 1.97 bits per heavy atom. The number of ether oxygens (including phenoxy) is 1. The third-order valence-corrected chi connectivity index (χ3v) is 8.94. The fourth-order valence-electron chi connectivity index (χ4n) is 3.80. The minimum atomic E-state index is -3.72. The van der Waals surface area contributed by atoms with Gasteiger partial charge in [0.25, 0.3) is 10.0 Å². The molecule has 8 heteroatoms. The van der Waals surface area contributed by atoms with Crippen molar-refractivity contribution in [1.82, 2.24) is 9.62 Å². The number of nitrogens with zero attached hydrogens (tertiary/aromatic N) is 1. The van der Waals surface area contributed by atoms with Crippen molar-refractivity contribution in [3.8, 4) is 0 Å². The van der Waals surface area contributed by atoms with Gasteiger partial charge in [0, 0.05) is 30.6 Å². The van der Waals surface area contributed by atoms with E-state index in [-0.39, 0.29) is 15.8 Å². The summed E-state index contributed by atoms with van der Waals surface area (Å²) in [6, 6.07) is 8.65. The van der Waals surface area contributed by atoms with Crippen LogP contribution in [-0.2, 0) is 34.3 Å². The Balaban J connectivity index is 1.57. The molecule has 162 valence electrons. The first-order valence-corrected chi connectivity index (χ1v) is 12.6. The van der Waals surface area contributed by atoms with Crippen molar-refractivity contribution in [1.29, 1.82) is 0 Å². The van der Waals surface area contributed by atoms with Gasteiger partial charge in [-0.25, -0.2) is 17.9 Å². The van der Waals surface area contributed by atoms with Crippen molar-refractivity contribution in [2.24, 2.45) is 0 Å². The highest BCUT2D eigenvalue weighted by molar-refractivity contribution is 7.91. The molecule has 6 nitrogen and oxygen atoms in total. The first kappa shape index (κ1) is 21.5. The molecule has 1 saturated carbocycles. The van der Waals surface area contributed by atoms with Crippen LogP contribution in [0.4, 0.5) is 0 Å². The van der Waals surface area contributed by atoms with E-state index in [0.717, 1.165) is 36.4 Å². The maximum atomic E-state index is 12.9. The van der Waals surface area contributed by atoms with Gasteiger partial charge in [0.05, 0.1) is 12.7 Å². The number of carbonyl (C=O) groups excluding carboxylic acids is 1. The van der Waals surface area contributed by atoms with Crippen molar-refractivity contribution in [3.63, 3.8) is 0 Å². The molecule has 4 rings (SSSR count). The van der Waals surface area contributed by atoms with Gasteiger partial charge >= 0.3 is 5.97 Å². The Kier molecular flexibility index (Phi) is 6.03. The highest BCUT2D eigenvalue weighted by Gasteiger charge is 2.36. The zero-order valence-corrected chi connectivity index (χ0v) is 19.2. The Morgan fingerprint density at radius 1 is 1.27 bits per heavy atom. The average Bonchev–Trinajstić information content (AvgIpc) is 3.43. The Morgan fingerprint density at radius 3 is 2.57 bits per heavy atom. The molecule has 0 unspecified atom stereocenters. The molecule has 2 aliphatic rings. The number of nitrogens with one attached hydrogen (secondary N) is 1. The highest BCUT2D eigenvalue weighted by Crippen LogP contribution is 2.38. The molecule has 1 fully saturated rings. The normalized spacial score (nSPS) is 17.2. The molecule has 1 aliphatic heterocycles. The smallest absolute Gasteiger partial charge is 0.340 e. The fourth-order valence-corrected chi connectivity index (χ4v) is 7.05. The maximum Gasteiger partial charge on any atom is 0.340 e. The van der Waals surface area contributed by atoms with Crippen LogP contribution in [0.15, 0.2) is 28.5 Å². The molecule has 0 bridgehead atoms. The standard InChI is InChI=1S/C22H28N2O4S2/c1-14(2)16-6-4-15(5-7-16)12-24-11-10-18-19(13-24)29-22(20(18)21(25)28-3)30(26,27)23-17-8-9-17/h4-7,14,17,23H,8-13H2,1-3H3. The van der Waals surface area contributed by atoms with Gasteiger partial charge in [0.1, 0.15) is 4.21 Å². The number of thiophene rings is 1. The molecule has 1 aromatic carbocycles. The minimum absolute atomic E-state index is 0.00932. The Bertz CT molecular complexity index is 1040. The lowest BCUT2D eigenvalue weighted by molar-refractivity contribution is 0.0595. The highest BCUT2D eigenvalue weighted by atomic mass is 32.2. The summed E-state index contributed by atoms with van der Waals surface area (Å²) >= 11 is 1.21. The number of esters is 1. The summed E-state index contributed by atoms with van der Waals surface area (Å²) in [5.74, 6) is -0.0644. The second-order valence-corrected chi connectivity index (χ2v) is 11.4. The molecule has 0 radical (unpaired) electrons. The first-order valence-electron chi connectivity index (χ1n) is 10.3. The van der Waals surface area contributed by atoms with Gasteiger partial charge in [0.2, 0.25) is 0 Å². The van der Waals surface area contributed by atoms with Crippen LogP contribution in [0.5, 0.6) is 0 Å². The summed E-state index contributed by atoms with van der Waals surface area (Å²) in [7, 11) is -2.42. The second kappa shape index (κ2) is 8.42. The van der Waals surface area contributed by atoms with Crippen LogP contribution in [-0.4, -0.2) is 39.0 Å². The van der Waals surface area contributed by atoms with E-state index in [1.807, 2.05) is 0 Å². The van der Waals surface area contributed by atoms with Gasteiger partial charge in [-0.05, 0) is 41.9 Å². The van der Waals surface area contributed by atoms with Crippen molar-refractivity contribution in [2.45, 2.75) is 62.4 Å². The predicted molar refractivity (Wildman–Crippen MR) is 117 cm³/mol. The topological polar surface area (TPSA) is 75.7 Å². The Labute approximate surface area is 182 Å². The number of fused-ring (bicyclic) bond motifs is 1. The first-order chi connectivity index (χ1) is 14.3. The van der Waals surface area contributed by atoms with E-state index in [1.54, 1.807) is 0 Å². The summed E-state index contributed by atoms with van der Waals surface area (Å²) in [4.78, 5) is 15.7. The molecule has 0 amide bonds. The molecule has 2 aromatic rings. The molecule has 1 aromatic heterocycles. The SMILES string of the molecule is COC(=O)c1c(S(=O)(=O)NC2CC2)sc2c1CCN(Cc1ccc(C(C)C)cc1)C2. The summed E-state index contributed by atoms with van der Waals surface area (Å²) in [6.07, 6.45) is 2.34. The van der Waals surface area contributed by atoms with Gasteiger partial charge in [-0.1, -0.05) is 38.1 Å². The fraction of sp³-hybridized carbons (Fsp3) is 0.500. The zero-order chi connectivity index (χ0) is 21.5. The third kappa shape index (κ3) is 4.46. The van der Waals surface area contributed by atoms with E-state index in [0.29, 0.717) is 18.9 Å². The number of carbonyl (C=O) groups is 1. The summed E-state index contributed by atoms with van der Waals surface area (Å²) in [5, 5.41) is 0. The van der Waals surface area contributed by atoms with Crippen LogP contribution in [0.25, 0.3) is 0 Å². The molecule has 30 heavy (non-hydrogen) atoms. The number of rotatable bonds is 7. The summed E-state index contributed by atoms with van der Waals surface area (Å²) in [5.41, 5.74) is 3.61. The Hall–Kier alpha value is -1.74. The van der Waals surface area contributed by atoms with Gasteiger partial charge < -0.3 is 4.74 Å². The zero-order valence-electron chi connectivity index (χ0n) is 17.6. The van der Waals surface area contributed by atoms with Crippen LogP contribution in [0, 0.1) is 0 Å². The third-order valence-electron chi connectivity index (χ3n) is 5.69. The molecule has 1 N–H and O–H groups in total. The van der Waals surface area contributed by atoms with Crippen LogP contribution in [0.1, 0.15) is 64.5 Å². The van der Waals surface area contributed by atoms with Crippen LogP contribution in [0.2, 0.25) is 0 Å². The number of hydrogen-bond donors (Lipinski definition) is 1. The van der Waals surface area contributed by atoms with E-state index < -0.39 is 16.0 Å². The van der Waals surface area contributed by atoms with Crippen molar-refractivity contribution in [2.75, 3.05) is 13.7 Å². The molecule has 0 spiro atoms. The number of sulfonamides is 1. The minimum Gasteiger partial charge on any atom is -0.465 e. The lowest BCUT2D eigenvalue weighted by Crippen LogP contribution is -2.30. The monoisotopic (exact) mass is 448 g/mol. The van der Waals surface area contributed by atoms with E-state index in [1.165, 1.54) is 29.6 Å². The second-order valence-electron chi connectivity index (χ2n) is 8.41. The average molecular weight is 449 g/mol. The molecular weight excluding hydrogens is 420 g/mol. The van der Waals surface area contributed by atoms with Crippen LogP contribution in [0.3, 0.4) is 0 Å². The molecule has 0 saturated heterocycles. The predicted octanol–water partition coefficient (Wildman–Crippen LogP) is 3.66. The van der Waals surface area contributed by atoms with E-state index >= 15 is 0 Å². The van der Waals surface area contributed by atoms with Gasteiger partial charge in [-0.2, -0.15) is 0 Å². The molecular formula is C22H28N2O4S2. The van der Waals surface area contributed by atoms with Crippen molar-refractivity contribution in [3.05, 3.63) is 51.4 Å². The maximum absolute atomic E-state index is 12.9. The molecule has 2 heterocycles. The lowest BCUT2D eigenvalue weighted by atomic mass is 10.0. The van der Waals surface area contributed by atoms with E-state index in [9.17, 15) is 13.2 Å².